The van der Waals surface area contributed by atoms with Gasteiger partial charge in [-0.25, -0.2) is 0 Å². The highest BCUT2D eigenvalue weighted by Crippen LogP contribution is 2.52. The zero-order chi connectivity index (χ0) is 36.2. The first-order valence-electron chi connectivity index (χ1n) is 19.2. The number of anilines is 3. The summed E-state index contributed by atoms with van der Waals surface area (Å²) in [6.45, 7) is 4.72. The number of aromatic nitrogens is 1. The van der Waals surface area contributed by atoms with Crippen molar-refractivity contribution >= 4 is 61.8 Å². The third-order valence-electron chi connectivity index (χ3n) is 11.7. The number of rotatable bonds is 6. The number of benzene rings is 7. The predicted molar refractivity (Wildman–Crippen MR) is 230 cm³/mol. The van der Waals surface area contributed by atoms with E-state index in [0.29, 0.717) is 0 Å². The number of nitrogens with zero attached hydrogens (tertiary/aromatic N) is 1. The van der Waals surface area contributed by atoms with Crippen molar-refractivity contribution in [2.24, 2.45) is 0 Å². The second-order valence-electron chi connectivity index (χ2n) is 15.4. The molecule has 1 atom stereocenters. The van der Waals surface area contributed by atoms with Crippen LogP contribution >= 0.6 is 0 Å². The van der Waals surface area contributed by atoms with Crippen LogP contribution in [0, 0.1) is 0 Å². The van der Waals surface area contributed by atoms with E-state index in [2.05, 4.69) is 206 Å². The average molecular weight is 695 g/mol. The Balaban J connectivity index is 1.02. The number of para-hydroxylation sites is 1. The maximum absolute atomic E-state index is 3.69. The van der Waals surface area contributed by atoms with Gasteiger partial charge in [0.1, 0.15) is 0 Å². The fraction of sp³-hybridized carbons (Fsp3) is 0.115. The third kappa shape index (κ3) is 5.49. The number of H-pyrrole nitrogens is 1. The van der Waals surface area contributed by atoms with E-state index in [1.165, 1.54) is 83.1 Å². The van der Waals surface area contributed by atoms with E-state index < -0.39 is 0 Å². The molecular formula is C52H42N2. The molecule has 0 fully saturated rings. The minimum absolute atomic E-state index is 0.162. The quantitative estimate of drug-likeness (QED) is 0.172. The third-order valence-corrected chi connectivity index (χ3v) is 11.7. The summed E-state index contributed by atoms with van der Waals surface area (Å²) in [7, 11) is 0. The van der Waals surface area contributed by atoms with Gasteiger partial charge >= 0.3 is 0 Å². The fourth-order valence-corrected chi connectivity index (χ4v) is 8.90. The van der Waals surface area contributed by atoms with Crippen LogP contribution in [0.5, 0.6) is 0 Å². The molecule has 54 heavy (non-hydrogen) atoms. The Hall–Kier alpha value is -6.38. The van der Waals surface area contributed by atoms with Gasteiger partial charge in [0, 0.05) is 38.8 Å². The molecule has 1 aromatic heterocycles. The van der Waals surface area contributed by atoms with E-state index >= 15 is 0 Å². The lowest BCUT2D eigenvalue weighted by atomic mass is 9.73. The first-order valence-corrected chi connectivity index (χ1v) is 19.2. The average Bonchev–Trinajstić information content (AvgIpc) is 3.58. The highest BCUT2D eigenvalue weighted by molar-refractivity contribution is 6.08. The molecule has 7 aromatic carbocycles. The fourth-order valence-electron chi connectivity index (χ4n) is 8.90. The summed E-state index contributed by atoms with van der Waals surface area (Å²) in [6, 6.07) is 56.0. The van der Waals surface area contributed by atoms with Crippen molar-refractivity contribution in [2.75, 3.05) is 4.90 Å². The number of hydrogen-bond acceptors (Lipinski definition) is 1. The summed E-state index contributed by atoms with van der Waals surface area (Å²) < 4.78 is 0. The van der Waals surface area contributed by atoms with Crippen molar-refractivity contribution in [1.82, 2.24) is 4.98 Å². The van der Waals surface area contributed by atoms with Crippen LogP contribution in [0.25, 0.3) is 44.7 Å². The largest absolute Gasteiger partial charge is 0.355 e. The highest BCUT2D eigenvalue weighted by atomic mass is 15.2. The van der Waals surface area contributed by atoms with Crippen LogP contribution < -0.4 is 4.90 Å². The van der Waals surface area contributed by atoms with Crippen LogP contribution in [0.4, 0.5) is 17.1 Å². The minimum atomic E-state index is -0.162. The van der Waals surface area contributed by atoms with Crippen molar-refractivity contribution in [3.63, 3.8) is 0 Å². The second-order valence-corrected chi connectivity index (χ2v) is 15.4. The van der Waals surface area contributed by atoms with Gasteiger partial charge < -0.3 is 9.88 Å². The monoisotopic (exact) mass is 694 g/mol. The molecule has 10 rings (SSSR count). The molecule has 2 nitrogen and oxygen atoms in total. The Morgan fingerprint density at radius 2 is 1.28 bits per heavy atom. The van der Waals surface area contributed by atoms with E-state index in [4.69, 9.17) is 0 Å². The van der Waals surface area contributed by atoms with Crippen LogP contribution in [0.2, 0.25) is 0 Å². The van der Waals surface area contributed by atoms with Crippen LogP contribution in [0.1, 0.15) is 66.0 Å². The zero-order valence-corrected chi connectivity index (χ0v) is 30.8. The van der Waals surface area contributed by atoms with Gasteiger partial charge in [0.15, 0.2) is 0 Å². The highest BCUT2D eigenvalue weighted by Gasteiger charge is 2.36. The molecule has 8 aromatic rings. The van der Waals surface area contributed by atoms with Crippen molar-refractivity contribution in [1.29, 1.82) is 0 Å². The van der Waals surface area contributed by atoms with Crippen molar-refractivity contribution < 1.29 is 0 Å². The molecule has 1 unspecified atom stereocenters. The summed E-state index contributed by atoms with van der Waals surface area (Å²) in [6.07, 6.45) is 13.8. The van der Waals surface area contributed by atoms with Gasteiger partial charge in [0.25, 0.3) is 0 Å². The molecule has 1 aliphatic carbocycles. The SMILES string of the molecule is CC1(C)c2ccccc2N(c2ccc3ccccc3c2)c2ccc(/C=C/c3ccc4[nH]c5ccc(C(C6=CCCC=C6)c6ccccc6)cc5c4c3)cc21. The first kappa shape index (κ1) is 32.3. The minimum Gasteiger partial charge on any atom is -0.355 e. The molecule has 2 aliphatic rings. The van der Waals surface area contributed by atoms with Crippen molar-refractivity contribution in [3.05, 3.63) is 209 Å². The van der Waals surface area contributed by atoms with Gasteiger partial charge in [-0.05, 0) is 117 Å². The van der Waals surface area contributed by atoms with Gasteiger partial charge in [0.05, 0.1) is 11.4 Å². The summed E-state index contributed by atoms with van der Waals surface area (Å²) >= 11 is 0. The molecule has 2 heterocycles. The zero-order valence-electron chi connectivity index (χ0n) is 30.8. The van der Waals surface area contributed by atoms with E-state index in [-0.39, 0.29) is 11.3 Å². The number of fused-ring (bicyclic) bond motifs is 6. The Labute approximate surface area is 317 Å². The summed E-state index contributed by atoms with van der Waals surface area (Å²) in [5.41, 5.74) is 14.9. The molecular weight excluding hydrogens is 653 g/mol. The Morgan fingerprint density at radius 3 is 2.11 bits per heavy atom. The predicted octanol–water partition coefficient (Wildman–Crippen LogP) is 14.2. The Kier molecular flexibility index (Phi) is 7.73. The van der Waals surface area contributed by atoms with E-state index in [1.807, 2.05) is 0 Å². The molecule has 0 amide bonds. The second kappa shape index (κ2) is 12.9. The van der Waals surface area contributed by atoms with Gasteiger partial charge in [-0.2, -0.15) is 0 Å². The Bertz CT molecular complexity index is 2810. The molecule has 0 bridgehead atoms. The Morgan fingerprint density at radius 1 is 0.574 bits per heavy atom. The summed E-state index contributed by atoms with van der Waals surface area (Å²) in [5, 5.41) is 5.02. The van der Waals surface area contributed by atoms with E-state index in [1.54, 1.807) is 0 Å². The van der Waals surface area contributed by atoms with Crippen LogP contribution in [0.15, 0.2) is 175 Å². The van der Waals surface area contributed by atoms with Crippen LogP contribution in [0.3, 0.4) is 0 Å². The molecule has 0 radical (unpaired) electrons. The number of aromatic amines is 1. The molecule has 2 heteroatoms. The lowest BCUT2D eigenvalue weighted by molar-refractivity contribution is 0.632. The summed E-state index contributed by atoms with van der Waals surface area (Å²) in [5.74, 6) is 0.206. The van der Waals surface area contributed by atoms with Gasteiger partial charge in [0.2, 0.25) is 0 Å². The number of hydrogen-bond donors (Lipinski definition) is 1. The van der Waals surface area contributed by atoms with Gasteiger partial charge in [-0.1, -0.05) is 141 Å². The van der Waals surface area contributed by atoms with E-state index in [0.717, 1.165) is 18.4 Å². The normalized spacial score (nSPS) is 15.4. The molecule has 0 saturated carbocycles. The molecule has 1 aliphatic heterocycles. The lowest BCUT2D eigenvalue weighted by Gasteiger charge is -2.42. The van der Waals surface area contributed by atoms with Crippen molar-refractivity contribution in [2.45, 2.75) is 38.0 Å². The van der Waals surface area contributed by atoms with Gasteiger partial charge in [-0.3, -0.25) is 0 Å². The van der Waals surface area contributed by atoms with E-state index in [9.17, 15) is 0 Å². The molecule has 1 N–H and O–H groups in total. The number of nitrogens with one attached hydrogen (secondary N) is 1. The lowest BCUT2D eigenvalue weighted by Crippen LogP contribution is -2.30. The van der Waals surface area contributed by atoms with Crippen LogP contribution in [-0.2, 0) is 5.41 Å². The van der Waals surface area contributed by atoms with Gasteiger partial charge in [-0.15, -0.1) is 0 Å². The summed E-state index contributed by atoms with van der Waals surface area (Å²) in [4.78, 5) is 6.13. The molecule has 260 valence electrons. The topological polar surface area (TPSA) is 19.0 Å². The molecule has 0 saturated heterocycles. The standard InChI is InChI=1S/C52H42N2/c1-52(2)45-19-11-12-20-49(45)54(42-27-25-37-13-9-10-18-40(37)33-42)50-30-24-36(32-46(50)52)22-21-35-23-28-47-43(31-35)44-34-41(26-29-48(44)53-47)51(38-14-5-3-6-15-38)39-16-7-4-8-17-39/h3,5-7,9-34,51,53H,4,8H2,1-2H3/b22-21+. The maximum Gasteiger partial charge on any atom is 0.0503 e. The number of allylic oxidation sites excluding steroid dienone is 4. The maximum atomic E-state index is 3.69. The smallest absolute Gasteiger partial charge is 0.0503 e. The molecule has 0 spiro atoms. The van der Waals surface area contributed by atoms with Crippen LogP contribution in [-0.4, -0.2) is 4.98 Å². The first-order chi connectivity index (χ1) is 26.5. The van der Waals surface area contributed by atoms with Crippen molar-refractivity contribution in [3.8, 4) is 0 Å².